The Bertz CT molecular complexity index is 835. The summed E-state index contributed by atoms with van der Waals surface area (Å²) >= 11 is 0. The highest BCUT2D eigenvalue weighted by molar-refractivity contribution is 5.79. The molecule has 1 heterocycles. The predicted octanol–water partition coefficient (Wildman–Crippen LogP) is 2.51. The van der Waals surface area contributed by atoms with Gasteiger partial charge in [0.2, 0.25) is 5.91 Å². The summed E-state index contributed by atoms with van der Waals surface area (Å²) in [6, 6.07) is 15.3. The minimum absolute atomic E-state index is 0.0550. The molecule has 2 aromatic rings. The van der Waals surface area contributed by atoms with Crippen LogP contribution in [0, 0.1) is 6.92 Å². The van der Waals surface area contributed by atoms with Crippen LogP contribution < -0.4 is 14.8 Å². The van der Waals surface area contributed by atoms with E-state index in [0.717, 1.165) is 5.56 Å². The largest absolute Gasteiger partial charge is 0.497 e. The molecule has 1 aliphatic heterocycles. The topological polar surface area (TPSA) is 67.9 Å². The molecular weight excluding hydrogens is 356 g/mol. The van der Waals surface area contributed by atoms with Gasteiger partial charge >= 0.3 is 0 Å². The van der Waals surface area contributed by atoms with E-state index in [1.165, 1.54) is 12.5 Å². The Kier molecular flexibility index (Phi) is 6.19. The molecule has 0 radical (unpaired) electrons. The molecule has 148 valence electrons. The molecule has 0 aromatic heterocycles. The van der Waals surface area contributed by atoms with Crippen molar-refractivity contribution < 1.29 is 19.1 Å². The highest BCUT2D eigenvalue weighted by Crippen LogP contribution is 2.28. The first-order valence-electron chi connectivity index (χ1n) is 9.34. The Hall–Kier alpha value is -3.02. The number of aryl methyl sites for hydroxylation is 1. The lowest BCUT2D eigenvalue weighted by atomic mass is 9.93. The monoisotopic (exact) mass is 382 g/mol. The number of hydrogen-bond donors (Lipinski definition) is 1. The van der Waals surface area contributed by atoms with E-state index in [9.17, 15) is 9.59 Å². The third-order valence-electron chi connectivity index (χ3n) is 4.97. The zero-order valence-electron chi connectivity index (χ0n) is 16.5. The number of likely N-dealkylation sites (tertiary alicyclic amines) is 1. The van der Waals surface area contributed by atoms with Crippen LogP contribution in [0.4, 0.5) is 0 Å². The predicted molar refractivity (Wildman–Crippen MR) is 107 cm³/mol. The Labute approximate surface area is 165 Å². The first kappa shape index (κ1) is 19.7. The molecule has 1 saturated heterocycles. The van der Waals surface area contributed by atoms with Crippen molar-refractivity contribution in [3.05, 3.63) is 59.7 Å². The zero-order valence-corrected chi connectivity index (χ0v) is 16.5. The van der Waals surface area contributed by atoms with Crippen LogP contribution in [0.3, 0.4) is 0 Å². The standard InChI is InChI=1S/C22H26N2O4/c1-15-7-9-17(10-8-15)20-12-24(13-21(20)23-16(2)25)22(26)14-28-19-6-4-5-18(11-19)27-3/h4-11,20-21H,12-14H2,1-3H3,(H,23,25)/t20-,21+/m1/s1. The Morgan fingerprint density at radius 2 is 1.82 bits per heavy atom. The summed E-state index contributed by atoms with van der Waals surface area (Å²) in [6.45, 7) is 4.51. The molecule has 3 rings (SSSR count). The maximum atomic E-state index is 12.7. The molecule has 28 heavy (non-hydrogen) atoms. The molecule has 0 spiro atoms. The van der Waals surface area contributed by atoms with Crippen LogP contribution in [0.2, 0.25) is 0 Å². The zero-order chi connectivity index (χ0) is 20.1. The number of amides is 2. The van der Waals surface area contributed by atoms with Crippen molar-refractivity contribution in [3.63, 3.8) is 0 Å². The van der Waals surface area contributed by atoms with Crippen molar-refractivity contribution >= 4 is 11.8 Å². The van der Waals surface area contributed by atoms with Gasteiger partial charge in [0.25, 0.3) is 5.91 Å². The lowest BCUT2D eigenvalue weighted by Crippen LogP contribution is -2.40. The first-order valence-corrected chi connectivity index (χ1v) is 9.34. The van der Waals surface area contributed by atoms with Gasteiger partial charge in [-0.05, 0) is 24.6 Å². The molecule has 2 aromatic carbocycles. The molecular formula is C22H26N2O4. The maximum absolute atomic E-state index is 12.7. The van der Waals surface area contributed by atoms with Gasteiger partial charge in [-0.3, -0.25) is 9.59 Å². The lowest BCUT2D eigenvalue weighted by molar-refractivity contribution is -0.132. The van der Waals surface area contributed by atoms with Crippen molar-refractivity contribution in [2.45, 2.75) is 25.8 Å². The van der Waals surface area contributed by atoms with E-state index in [2.05, 4.69) is 29.6 Å². The van der Waals surface area contributed by atoms with E-state index < -0.39 is 0 Å². The van der Waals surface area contributed by atoms with Gasteiger partial charge in [-0.2, -0.15) is 0 Å². The van der Waals surface area contributed by atoms with Gasteiger partial charge in [0.1, 0.15) is 11.5 Å². The van der Waals surface area contributed by atoms with Crippen molar-refractivity contribution in [2.75, 3.05) is 26.8 Å². The number of benzene rings is 2. The van der Waals surface area contributed by atoms with Gasteiger partial charge in [0, 0.05) is 32.0 Å². The van der Waals surface area contributed by atoms with Gasteiger partial charge in [-0.1, -0.05) is 35.9 Å². The molecule has 6 heteroatoms. The van der Waals surface area contributed by atoms with E-state index in [4.69, 9.17) is 9.47 Å². The number of rotatable bonds is 6. The second-order valence-corrected chi connectivity index (χ2v) is 7.09. The SMILES string of the molecule is COc1cccc(OCC(=O)N2C[C@H](NC(C)=O)[C@@H](c3ccc(C)cc3)C2)c1. The van der Waals surface area contributed by atoms with E-state index in [1.807, 2.05) is 19.1 Å². The molecule has 1 aliphatic rings. The molecule has 2 atom stereocenters. The van der Waals surface area contributed by atoms with E-state index >= 15 is 0 Å². The third kappa shape index (κ3) is 4.82. The van der Waals surface area contributed by atoms with Gasteiger partial charge in [-0.25, -0.2) is 0 Å². The van der Waals surface area contributed by atoms with E-state index in [1.54, 1.807) is 24.1 Å². The summed E-state index contributed by atoms with van der Waals surface area (Å²) in [5.41, 5.74) is 2.30. The number of hydrogen-bond acceptors (Lipinski definition) is 4. The maximum Gasteiger partial charge on any atom is 0.260 e. The quantitative estimate of drug-likeness (QED) is 0.834. The summed E-state index contributed by atoms with van der Waals surface area (Å²) in [7, 11) is 1.59. The van der Waals surface area contributed by atoms with Crippen LogP contribution in [0.5, 0.6) is 11.5 Å². The lowest BCUT2D eigenvalue weighted by Gasteiger charge is -2.19. The highest BCUT2D eigenvalue weighted by atomic mass is 16.5. The van der Waals surface area contributed by atoms with Crippen molar-refractivity contribution in [1.29, 1.82) is 0 Å². The molecule has 1 N–H and O–H groups in total. The fraction of sp³-hybridized carbons (Fsp3) is 0.364. The fourth-order valence-corrected chi connectivity index (χ4v) is 3.49. The molecule has 0 aliphatic carbocycles. The summed E-state index contributed by atoms with van der Waals surface area (Å²) in [6.07, 6.45) is 0. The Balaban J connectivity index is 1.66. The summed E-state index contributed by atoms with van der Waals surface area (Å²) < 4.78 is 10.8. The summed E-state index contributed by atoms with van der Waals surface area (Å²) in [5.74, 6) is 1.12. The van der Waals surface area contributed by atoms with Crippen molar-refractivity contribution in [3.8, 4) is 11.5 Å². The average molecular weight is 382 g/mol. The fourth-order valence-electron chi connectivity index (χ4n) is 3.49. The van der Waals surface area contributed by atoms with Crippen LogP contribution in [0.15, 0.2) is 48.5 Å². The number of methoxy groups -OCH3 is 1. The normalized spacial score (nSPS) is 18.6. The molecule has 0 bridgehead atoms. The van der Waals surface area contributed by atoms with Crippen molar-refractivity contribution in [2.24, 2.45) is 0 Å². The third-order valence-corrected chi connectivity index (χ3v) is 4.97. The molecule has 0 unspecified atom stereocenters. The van der Waals surface area contributed by atoms with E-state index in [-0.39, 0.29) is 30.4 Å². The van der Waals surface area contributed by atoms with Crippen molar-refractivity contribution in [1.82, 2.24) is 10.2 Å². The second kappa shape index (κ2) is 8.78. The molecule has 0 saturated carbocycles. The molecule has 2 amide bonds. The van der Waals surface area contributed by atoms with Gasteiger partial charge < -0.3 is 19.7 Å². The number of carbonyl (C=O) groups excluding carboxylic acids is 2. The van der Waals surface area contributed by atoms with E-state index in [0.29, 0.717) is 24.6 Å². The van der Waals surface area contributed by atoms with Crippen LogP contribution in [-0.2, 0) is 9.59 Å². The van der Waals surface area contributed by atoms with Crippen LogP contribution in [-0.4, -0.2) is 49.6 Å². The highest BCUT2D eigenvalue weighted by Gasteiger charge is 2.36. The number of carbonyl (C=O) groups is 2. The number of ether oxygens (including phenoxy) is 2. The first-order chi connectivity index (χ1) is 13.5. The van der Waals surface area contributed by atoms with Crippen LogP contribution in [0.1, 0.15) is 24.0 Å². The van der Waals surface area contributed by atoms with Crippen LogP contribution >= 0.6 is 0 Å². The Morgan fingerprint density at radius 3 is 2.50 bits per heavy atom. The number of nitrogens with zero attached hydrogens (tertiary/aromatic N) is 1. The second-order valence-electron chi connectivity index (χ2n) is 7.09. The van der Waals surface area contributed by atoms with Gasteiger partial charge in [0.15, 0.2) is 6.61 Å². The average Bonchev–Trinajstić information content (AvgIpc) is 3.10. The van der Waals surface area contributed by atoms with Gasteiger partial charge in [0.05, 0.1) is 13.2 Å². The molecule has 1 fully saturated rings. The molecule has 6 nitrogen and oxygen atoms in total. The van der Waals surface area contributed by atoms with Crippen LogP contribution in [0.25, 0.3) is 0 Å². The smallest absolute Gasteiger partial charge is 0.260 e. The minimum Gasteiger partial charge on any atom is -0.497 e. The van der Waals surface area contributed by atoms with Gasteiger partial charge in [-0.15, -0.1) is 0 Å². The minimum atomic E-state index is -0.110. The Morgan fingerprint density at radius 1 is 1.11 bits per heavy atom. The summed E-state index contributed by atoms with van der Waals surface area (Å²) in [4.78, 5) is 26.1. The summed E-state index contributed by atoms with van der Waals surface area (Å²) in [5, 5.41) is 2.99. The number of nitrogens with one attached hydrogen (secondary N) is 1.